The summed E-state index contributed by atoms with van der Waals surface area (Å²) in [7, 11) is 4.45. The molecule has 0 fully saturated rings. The van der Waals surface area contributed by atoms with Gasteiger partial charge in [0.15, 0.2) is 11.5 Å². The Hall–Kier alpha value is -3.13. The van der Waals surface area contributed by atoms with Crippen LogP contribution < -0.4 is 14.2 Å². The topological polar surface area (TPSA) is 87.9 Å². The summed E-state index contributed by atoms with van der Waals surface area (Å²) in [6.45, 7) is 1.79. The van der Waals surface area contributed by atoms with Crippen LogP contribution in [0.1, 0.15) is 20.8 Å². The molecule has 0 aliphatic rings. The van der Waals surface area contributed by atoms with Crippen LogP contribution in [-0.2, 0) is 0 Å². The monoisotopic (exact) mass is 387 g/mol. The Kier molecular flexibility index (Phi) is 5.00. The molecule has 0 bridgehead atoms. The van der Waals surface area contributed by atoms with Crippen LogP contribution in [0.25, 0.3) is 10.1 Å². The Morgan fingerprint density at radius 3 is 2.19 bits per heavy atom. The third-order valence-corrected chi connectivity index (χ3v) is 5.54. The van der Waals surface area contributed by atoms with Crippen LogP contribution in [0.4, 0.5) is 5.69 Å². The van der Waals surface area contributed by atoms with Crippen molar-refractivity contribution in [1.29, 1.82) is 0 Å². The van der Waals surface area contributed by atoms with Crippen LogP contribution in [0, 0.1) is 17.0 Å². The molecule has 0 saturated heterocycles. The number of methoxy groups -OCH3 is 3. The molecule has 3 rings (SSSR count). The summed E-state index contributed by atoms with van der Waals surface area (Å²) < 4.78 is 16.7. The fourth-order valence-electron chi connectivity index (χ4n) is 2.88. The first-order chi connectivity index (χ1) is 12.9. The van der Waals surface area contributed by atoms with E-state index in [0.29, 0.717) is 38.6 Å². The average Bonchev–Trinajstić information content (AvgIpc) is 3.02. The lowest BCUT2D eigenvalue weighted by atomic mass is 10.0. The van der Waals surface area contributed by atoms with Crippen molar-refractivity contribution in [3.05, 3.63) is 56.5 Å². The lowest BCUT2D eigenvalue weighted by Crippen LogP contribution is -2.03. The maximum absolute atomic E-state index is 13.1. The molecule has 8 heteroatoms. The maximum Gasteiger partial charge on any atom is 0.270 e. The highest BCUT2D eigenvalue weighted by atomic mass is 32.1. The van der Waals surface area contributed by atoms with E-state index in [4.69, 9.17) is 14.2 Å². The van der Waals surface area contributed by atoms with E-state index in [1.54, 1.807) is 25.1 Å². The zero-order valence-corrected chi connectivity index (χ0v) is 16.0. The van der Waals surface area contributed by atoms with Gasteiger partial charge in [-0.25, -0.2) is 0 Å². The zero-order chi connectivity index (χ0) is 19.7. The summed E-state index contributed by atoms with van der Waals surface area (Å²) in [5.41, 5.74) is 1.08. The Labute approximate surface area is 159 Å². The molecule has 140 valence electrons. The van der Waals surface area contributed by atoms with Gasteiger partial charge in [-0.3, -0.25) is 14.9 Å². The summed E-state index contributed by atoms with van der Waals surface area (Å²) in [5, 5.41) is 11.7. The number of fused-ring (bicyclic) bond motifs is 1. The zero-order valence-electron chi connectivity index (χ0n) is 15.2. The van der Waals surface area contributed by atoms with Gasteiger partial charge in [-0.05, 0) is 30.7 Å². The van der Waals surface area contributed by atoms with Gasteiger partial charge in [0.25, 0.3) is 5.69 Å². The van der Waals surface area contributed by atoms with Crippen molar-refractivity contribution in [1.82, 2.24) is 0 Å². The molecule has 2 aromatic carbocycles. The van der Waals surface area contributed by atoms with Crippen molar-refractivity contribution in [2.24, 2.45) is 0 Å². The second-order valence-electron chi connectivity index (χ2n) is 5.74. The van der Waals surface area contributed by atoms with Gasteiger partial charge in [0.05, 0.1) is 31.1 Å². The van der Waals surface area contributed by atoms with Gasteiger partial charge in [0.1, 0.15) is 0 Å². The van der Waals surface area contributed by atoms with E-state index in [2.05, 4.69) is 0 Å². The van der Waals surface area contributed by atoms with E-state index in [-0.39, 0.29) is 11.5 Å². The minimum atomic E-state index is -0.447. The number of rotatable bonds is 6. The molecule has 0 unspecified atom stereocenters. The number of carbonyl (C=O) groups excluding carboxylic acids is 1. The van der Waals surface area contributed by atoms with E-state index in [0.717, 1.165) is 4.70 Å². The smallest absolute Gasteiger partial charge is 0.270 e. The average molecular weight is 387 g/mol. The third-order valence-electron chi connectivity index (χ3n) is 4.26. The van der Waals surface area contributed by atoms with E-state index in [1.807, 2.05) is 0 Å². The molecular formula is C19H17NO6S. The van der Waals surface area contributed by atoms with E-state index in [1.165, 1.54) is 44.8 Å². The Balaban J connectivity index is 2.13. The first-order valence-corrected chi connectivity index (χ1v) is 8.75. The predicted octanol–water partition coefficient (Wildman–Crippen LogP) is 4.37. The molecule has 0 saturated carbocycles. The summed E-state index contributed by atoms with van der Waals surface area (Å²) in [6, 6.07) is 7.78. The minimum absolute atomic E-state index is 0.00446. The second kappa shape index (κ2) is 7.24. The van der Waals surface area contributed by atoms with Crippen molar-refractivity contribution in [2.45, 2.75) is 6.92 Å². The summed E-state index contributed by atoms with van der Waals surface area (Å²) >= 11 is 1.30. The Morgan fingerprint density at radius 2 is 1.67 bits per heavy atom. The first kappa shape index (κ1) is 18.7. The van der Waals surface area contributed by atoms with Crippen LogP contribution in [-0.4, -0.2) is 32.0 Å². The van der Waals surface area contributed by atoms with Crippen LogP contribution in [0.15, 0.2) is 30.3 Å². The molecule has 1 aromatic heterocycles. The molecule has 0 amide bonds. The van der Waals surface area contributed by atoms with Crippen molar-refractivity contribution in [3.8, 4) is 17.2 Å². The fourth-order valence-corrected chi connectivity index (χ4v) is 4.03. The molecule has 0 aliphatic heterocycles. The Morgan fingerprint density at radius 1 is 1.04 bits per heavy atom. The number of ether oxygens (including phenoxy) is 3. The molecule has 0 radical (unpaired) electrons. The van der Waals surface area contributed by atoms with Crippen LogP contribution in [0.5, 0.6) is 17.2 Å². The molecule has 3 aromatic rings. The van der Waals surface area contributed by atoms with E-state index in [9.17, 15) is 14.9 Å². The van der Waals surface area contributed by atoms with Gasteiger partial charge >= 0.3 is 0 Å². The third kappa shape index (κ3) is 3.19. The maximum atomic E-state index is 13.1. The van der Waals surface area contributed by atoms with Crippen LogP contribution in [0.2, 0.25) is 0 Å². The number of ketones is 1. The van der Waals surface area contributed by atoms with Gasteiger partial charge < -0.3 is 14.2 Å². The number of non-ortho nitro benzene ring substituents is 1. The summed E-state index contributed by atoms with van der Waals surface area (Å²) in [6.07, 6.45) is 0. The van der Waals surface area contributed by atoms with Gasteiger partial charge in [-0.1, -0.05) is 0 Å². The highest BCUT2D eigenvalue weighted by Gasteiger charge is 2.22. The molecule has 27 heavy (non-hydrogen) atoms. The number of nitro benzene ring substituents is 1. The summed E-state index contributed by atoms with van der Waals surface area (Å²) in [4.78, 5) is 24.2. The number of aryl methyl sites for hydroxylation is 1. The van der Waals surface area contributed by atoms with E-state index >= 15 is 0 Å². The highest BCUT2D eigenvalue weighted by molar-refractivity contribution is 7.21. The number of carbonyl (C=O) groups is 1. The van der Waals surface area contributed by atoms with Crippen molar-refractivity contribution in [2.75, 3.05) is 21.3 Å². The van der Waals surface area contributed by atoms with Gasteiger partial charge in [-0.15, -0.1) is 11.3 Å². The highest BCUT2D eigenvalue weighted by Crippen LogP contribution is 2.40. The number of thiophene rings is 1. The number of benzene rings is 2. The number of hydrogen-bond donors (Lipinski definition) is 0. The molecule has 7 nitrogen and oxygen atoms in total. The molecule has 0 spiro atoms. The molecule has 0 atom stereocenters. The van der Waals surface area contributed by atoms with Gasteiger partial charge in [0.2, 0.25) is 11.5 Å². The van der Waals surface area contributed by atoms with Crippen LogP contribution >= 0.6 is 11.3 Å². The Bertz CT molecular complexity index is 1030. The lowest BCUT2D eigenvalue weighted by molar-refractivity contribution is -0.384. The van der Waals surface area contributed by atoms with Crippen molar-refractivity contribution >= 4 is 32.9 Å². The summed E-state index contributed by atoms with van der Waals surface area (Å²) in [5.74, 6) is 0.958. The van der Waals surface area contributed by atoms with Crippen LogP contribution in [0.3, 0.4) is 0 Å². The molecule has 0 N–H and O–H groups in total. The predicted molar refractivity (Wildman–Crippen MR) is 103 cm³/mol. The fraction of sp³-hybridized carbons (Fsp3) is 0.211. The minimum Gasteiger partial charge on any atom is -0.493 e. The van der Waals surface area contributed by atoms with Crippen molar-refractivity contribution in [3.63, 3.8) is 0 Å². The first-order valence-electron chi connectivity index (χ1n) is 7.93. The lowest BCUT2D eigenvalue weighted by Gasteiger charge is -2.13. The quantitative estimate of drug-likeness (QED) is 0.354. The normalized spacial score (nSPS) is 10.7. The van der Waals surface area contributed by atoms with Gasteiger partial charge in [0, 0.05) is 27.8 Å². The second-order valence-corrected chi connectivity index (χ2v) is 6.79. The molecule has 1 heterocycles. The van der Waals surface area contributed by atoms with Gasteiger partial charge in [-0.2, -0.15) is 0 Å². The van der Waals surface area contributed by atoms with Crippen molar-refractivity contribution < 1.29 is 23.9 Å². The molecular weight excluding hydrogens is 370 g/mol. The van der Waals surface area contributed by atoms with E-state index < -0.39 is 4.92 Å². The number of nitro groups is 1. The molecule has 0 aliphatic carbocycles. The number of hydrogen-bond acceptors (Lipinski definition) is 7. The SMILES string of the molecule is COc1cc(C(=O)c2sc3ccc([N+](=O)[O-])cc3c2C)cc(OC)c1OC. The largest absolute Gasteiger partial charge is 0.493 e. The standard InChI is InChI=1S/C19H17NO6S/c1-10-13-9-12(20(22)23)5-6-16(13)27-19(10)17(21)11-7-14(24-2)18(26-4)15(8-11)25-3/h5-9H,1-4H3. The number of nitrogens with zero attached hydrogens (tertiary/aromatic N) is 1.